The number of aromatic nitrogens is 3. The Morgan fingerprint density at radius 2 is 1.87 bits per heavy atom. The van der Waals surface area contributed by atoms with Crippen LogP contribution in [0, 0.1) is 5.92 Å². The molecule has 1 unspecified atom stereocenters. The van der Waals surface area contributed by atoms with Gasteiger partial charge in [0, 0.05) is 30.5 Å². The number of fused-ring (bicyclic) bond motifs is 2. The summed E-state index contributed by atoms with van der Waals surface area (Å²) < 4.78 is 38.8. The molecule has 2 aromatic heterocycles. The van der Waals surface area contributed by atoms with E-state index in [1.54, 1.807) is 12.1 Å². The molecule has 2 fully saturated rings. The summed E-state index contributed by atoms with van der Waals surface area (Å²) in [4.78, 5) is 30.1. The van der Waals surface area contributed by atoms with Gasteiger partial charge in [0.25, 0.3) is 5.91 Å². The van der Waals surface area contributed by atoms with Crippen LogP contribution in [0.25, 0.3) is 22.4 Å². The van der Waals surface area contributed by atoms with Gasteiger partial charge in [-0.25, -0.2) is 13.6 Å². The summed E-state index contributed by atoms with van der Waals surface area (Å²) in [5.41, 5.74) is 4.08. The number of ether oxygens (including phenoxy) is 1. The van der Waals surface area contributed by atoms with Gasteiger partial charge in [-0.3, -0.25) is 14.9 Å². The summed E-state index contributed by atoms with van der Waals surface area (Å²) >= 11 is 0. The third kappa shape index (κ3) is 3.99. The summed E-state index contributed by atoms with van der Waals surface area (Å²) in [5.74, 6) is -2.26. The second-order valence-corrected chi connectivity index (χ2v) is 10.6. The van der Waals surface area contributed by atoms with Crippen molar-refractivity contribution in [3.8, 4) is 17.0 Å². The molecule has 7 rings (SSSR count). The monoisotopic (exact) mass is 520 g/mol. The molecule has 3 aliphatic rings. The van der Waals surface area contributed by atoms with E-state index in [0.717, 1.165) is 24.0 Å². The highest BCUT2D eigenvalue weighted by molar-refractivity contribution is 6.01. The highest BCUT2D eigenvalue weighted by Gasteiger charge is 2.44. The molecule has 2 saturated carbocycles. The Morgan fingerprint density at radius 3 is 2.66 bits per heavy atom. The lowest BCUT2D eigenvalue weighted by Gasteiger charge is -2.29. The molecule has 38 heavy (non-hydrogen) atoms. The summed E-state index contributed by atoms with van der Waals surface area (Å²) in [6, 6.07) is 12.5. The smallest absolute Gasteiger partial charge is 0.417 e. The summed E-state index contributed by atoms with van der Waals surface area (Å²) in [5, 5.41) is 7.45. The number of hydrogen-bond acceptors (Lipinski definition) is 5. The van der Waals surface area contributed by atoms with E-state index in [4.69, 9.17) is 9.15 Å². The molecule has 0 saturated heterocycles. The molecular formula is C28H26F2N4O4. The summed E-state index contributed by atoms with van der Waals surface area (Å²) in [6.45, 7) is 0.623. The molecule has 10 heteroatoms. The van der Waals surface area contributed by atoms with Crippen molar-refractivity contribution in [3.05, 3.63) is 69.8 Å². The molecule has 2 aliphatic carbocycles. The Balaban J connectivity index is 1.29. The van der Waals surface area contributed by atoms with E-state index < -0.39 is 17.7 Å². The first-order valence-corrected chi connectivity index (χ1v) is 13.0. The van der Waals surface area contributed by atoms with E-state index in [0.29, 0.717) is 59.1 Å². The summed E-state index contributed by atoms with van der Waals surface area (Å²) in [7, 11) is 0. The van der Waals surface area contributed by atoms with E-state index in [2.05, 4.69) is 15.2 Å². The fourth-order valence-electron chi connectivity index (χ4n) is 5.76. The van der Waals surface area contributed by atoms with Crippen molar-refractivity contribution in [2.24, 2.45) is 5.92 Å². The minimum absolute atomic E-state index is 0.126. The van der Waals surface area contributed by atoms with Crippen LogP contribution in [0.2, 0.25) is 0 Å². The average Bonchev–Trinajstić information content (AvgIpc) is 3.37. The van der Waals surface area contributed by atoms with E-state index >= 15 is 0 Å². The number of hydrogen-bond donors (Lipinski definition) is 2. The maximum Gasteiger partial charge on any atom is 0.417 e. The Kier molecular flexibility index (Phi) is 5.21. The Labute approximate surface area is 216 Å². The van der Waals surface area contributed by atoms with Crippen LogP contribution < -0.4 is 10.5 Å². The number of carbonyl (C=O) groups is 1. The second-order valence-electron chi connectivity index (χ2n) is 10.6. The number of benzene rings is 2. The van der Waals surface area contributed by atoms with Gasteiger partial charge in [0.2, 0.25) is 5.92 Å². The van der Waals surface area contributed by atoms with Gasteiger partial charge >= 0.3 is 5.76 Å². The zero-order chi connectivity index (χ0) is 26.0. The number of carbonyl (C=O) groups excluding carboxylic acids is 1. The van der Waals surface area contributed by atoms with Crippen molar-refractivity contribution < 1.29 is 22.7 Å². The molecule has 4 aromatic rings. The predicted molar refractivity (Wildman–Crippen MR) is 134 cm³/mol. The Morgan fingerprint density at radius 1 is 1.08 bits per heavy atom. The van der Waals surface area contributed by atoms with Gasteiger partial charge in [0.1, 0.15) is 17.1 Å². The second kappa shape index (κ2) is 8.54. The number of nitrogens with zero attached hydrogens (tertiary/aromatic N) is 2. The Bertz CT molecular complexity index is 1590. The normalized spacial score (nSPS) is 21.3. The zero-order valence-corrected chi connectivity index (χ0v) is 20.5. The standard InChI is InChI=1S/C28H26F2N4O4/c29-28(30)11-9-17(10-12-28)37-18-4-1-3-16(13-18)24-21-22(19-5-2-6-20-25(19)38-27(36)31-20)32-33-23(21)26(35)34(24)14-15-7-8-15/h1-6,13,15,17,24H,7-12,14H2,(H,31,36)(H,32,33). The largest absolute Gasteiger partial charge is 0.490 e. The third-order valence-corrected chi connectivity index (χ3v) is 7.86. The average molecular weight is 521 g/mol. The lowest BCUT2D eigenvalue weighted by atomic mass is 9.94. The molecule has 0 bridgehead atoms. The molecule has 2 aromatic carbocycles. The van der Waals surface area contributed by atoms with Crippen molar-refractivity contribution >= 4 is 17.0 Å². The van der Waals surface area contributed by atoms with E-state index in [-0.39, 0.29) is 24.9 Å². The van der Waals surface area contributed by atoms with Crippen molar-refractivity contribution in [3.63, 3.8) is 0 Å². The Hall–Kier alpha value is -3.95. The first-order chi connectivity index (χ1) is 18.4. The number of amides is 1. The summed E-state index contributed by atoms with van der Waals surface area (Å²) in [6.07, 6.45) is 2.14. The lowest BCUT2D eigenvalue weighted by Crippen LogP contribution is -2.32. The maximum absolute atomic E-state index is 13.6. The fourth-order valence-corrected chi connectivity index (χ4v) is 5.76. The molecule has 2 N–H and O–H groups in total. The topological polar surface area (TPSA) is 104 Å². The molecular weight excluding hydrogens is 494 g/mol. The highest BCUT2D eigenvalue weighted by Crippen LogP contribution is 2.46. The third-order valence-electron chi connectivity index (χ3n) is 7.86. The van der Waals surface area contributed by atoms with Gasteiger partial charge in [0.15, 0.2) is 5.58 Å². The zero-order valence-electron chi connectivity index (χ0n) is 20.5. The van der Waals surface area contributed by atoms with Crippen LogP contribution in [0.4, 0.5) is 8.78 Å². The van der Waals surface area contributed by atoms with Crippen LogP contribution in [0.15, 0.2) is 51.7 Å². The number of H-pyrrole nitrogens is 2. The van der Waals surface area contributed by atoms with E-state index in [9.17, 15) is 18.4 Å². The number of rotatable bonds is 6. The molecule has 0 radical (unpaired) electrons. The van der Waals surface area contributed by atoms with Crippen LogP contribution in [-0.4, -0.2) is 44.6 Å². The SMILES string of the molecule is O=C1c2[nH]nc(-c3cccc4[nH]c(=O)oc34)c2C(c2cccc(OC3CCC(F)(F)CC3)c2)N1CC1CC1. The molecule has 8 nitrogen and oxygen atoms in total. The predicted octanol–water partition coefficient (Wildman–Crippen LogP) is 5.42. The number of para-hydroxylation sites is 1. The van der Waals surface area contributed by atoms with Gasteiger partial charge in [-0.1, -0.05) is 18.2 Å². The number of alkyl halides is 2. The molecule has 1 aliphatic heterocycles. The van der Waals surface area contributed by atoms with Crippen LogP contribution in [0.3, 0.4) is 0 Å². The number of halogens is 2. The van der Waals surface area contributed by atoms with Crippen LogP contribution in [-0.2, 0) is 0 Å². The van der Waals surface area contributed by atoms with Crippen LogP contribution in [0.1, 0.15) is 66.2 Å². The van der Waals surface area contributed by atoms with Gasteiger partial charge in [0.05, 0.1) is 17.7 Å². The van der Waals surface area contributed by atoms with E-state index in [1.807, 2.05) is 35.2 Å². The van der Waals surface area contributed by atoms with Crippen molar-refractivity contribution in [1.29, 1.82) is 0 Å². The van der Waals surface area contributed by atoms with Crippen LogP contribution in [0.5, 0.6) is 5.75 Å². The maximum atomic E-state index is 13.6. The van der Waals surface area contributed by atoms with Gasteiger partial charge in [-0.05, 0) is 61.4 Å². The van der Waals surface area contributed by atoms with Crippen molar-refractivity contribution in [2.75, 3.05) is 6.54 Å². The number of nitrogens with one attached hydrogen (secondary N) is 2. The van der Waals surface area contributed by atoms with Crippen LogP contribution >= 0.6 is 0 Å². The lowest BCUT2D eigenvalue weighted by molar-refractivity contribution is -0.0582. The molecule has 3 heterocycles. The van der Waals surface area contributed by atoms with Crippen molar-refractivity contribution in [1.82, 2.24) is 20.1 Å². The van der Waals surface area contributed by atoms with Gasteiger partial charge < -0.3 is 14.1 Å². The molecule has 0 spiro atoms. The van der Waals surface area contributed by atoms with Gasteiger partial charge in [-0.2, -0.15) is 5.10 Å². The minimum atomic E-state index is -2.62. The fraction of sp³-hybridized carbons (Fsp3) is 0.393. The molecule has 1 atom stereocenters. The molecule has 1 amide bonds. The minimum Gasteiger partial charge on any atom is -0.490 e. The van der Waals surface area contributed by atoms with E-state index in [1.165, 1.54) is 0 Å². The molecule has 196 valence electrons. The first kappa shape index (κ1) is 23.2. The quantitative estimate of drug-likeness (QED) is 0.353. The highest BCUT2D eigenvalue weighted by atomic mass is 19.3. The number of aromatic amines is 2. The first-order valence-electron chi connectivity index (χ1n) is 13.0. The number of oxazole rings is 1. The van der Waals surface area contributed by atoms with Crippen molar-refractivity contribution in [2.45, 2.75) is 56.6 Å². The van der Waals surface area contributed by atoms with Gasteiger partial charge in [-0.15, -0.1) is 0 Å².